The number of carbonyl (C=O) groups excluding carboxylic acids is 2. The van der Waals surface area contributed by atoms with Crippen molar-refractivity contribution < 1.29 is 14.3 Å². The van der Waals surface area contributed by atoms with Crippen LogP contribution in [0, 0.1) is 11.3 Å². The smallest absolute Gasteiger partial charge is 0.338 e. The molecule has 0 spiro atoms. The fourth-order valence-electron chi connectivity index (χ4n) is 1.48. The molecule has 0 fully saturated rings. The lowest BCUT2D eigenvalue weighted by Crippen LogP contribution is -2.24. The number of ether oxygens (including phenoxy) is 1. The molecule has 0 aliphatic carbocycles. The number of nitrogens with zero attached hydrogens (tertiary/aromatic N) is 1. The van der Waals surface area contributed by atoms with Crippen molar-refractivity contribution in [3.05, 3.63) is 53.6 Å². The number of hydrogen-bond acceptors (Lipinski definition) is 4. The normalized spacial score (nSPS) is 10.3. The first-order chi connectivity index (χ1) is 9.63. The molecule has 20 heavy (non-hydrogen) atoms. The van der Waals surface area contributed by atoms with E-state index in [2.05, 4.69) is 16.6 Å². The molecule has 0 heterocycles. The summed E-state index contributed by atoms with van der Waals surface area (Å²) >= 11 is 0. The Morgan fingerprint density at radius 3 is 2.75 bits per heavy atom. The van der Waals surface area contributed by atoms with Gasteiger partial charge in [-0.15, -0.1) is 6.58 Å². The Bertz CT molecular complexity index is 597. The third-order valence-corrected chi connectivity index (χ3v) is 2.44. The number of nitrogens with one attached hydrogen (secondary N) is 1. The molecule has 0 radical (unpaired) electrons. The van der Waals surface area contributed by atoms with Gasteiger partial charge in [0.25, 0.3) is 5.91 Å². The summed E-state index contributed by atoms with van der Waals surface area (Å²) in [6, 6.07) is 8.38. The van der Waals surface area contributed by atoms with Crippen LogP contribution in [0.2, 0.25) is 0 Å². The largest absolute Gasteiger partial charge is 0.465 e. The van der Waals surface area contributed by atoms with Crippen molar-refractivity contribution in [1.82, 2.24) is 5.32 Å². The molecule has 0 bridgehead atoms. The molecule has 1 aromatic rings. The molecule has 1 amide bonds. The fraction of sp³-hybridized carbons (Fsp3) is 0.133. The summed E-state index contributed by atoms with van der Waals surface area (Å²) in [7, 11) is 1.27. The molecular weight excluding hydrogens is 256 g/mol. The highest BCUT2D eigenvalue weighted by Crippen LogP contribution is 2.14. The van der Waals surface area contributed by atoms with Gasteiger partial charge in [0.2, 0.25) is 0 Å². The van der Waals surface area contributed by atoms with Crippen molar-refractivity contribution in [1.29, 1.82) is 5.26 Å². The van der Waals surface area contributed by atoms with Crippen molar-refractivity contribution in [2.45, 2.75) is 0 Å². The van der Waals surface area contributed by atoms with Gasteiger partial charge >= 0.3 is 5.97 Å². The van der Waals surface area contributed by atoms with Gasteiger partial charge < -0.3 is 10.1 Å². The van der Waals surface area contributed by atoms with Crippen molar-refractivity contribution in [3.63, 3.8) is 0 Å². The highest BCUT2D eigenvalue weighted by Gasteiger charge is 2.13. The molecule has 0 saturated carbocycles. The minimum atomic E-state index is -0.527. The number of benzene rings is 1. The van der Waals surface area contributed by atoms with Gasteiger partial charge in [0.15, 0.2) is 0 Å². The van der Waals surface area contributed by atoms with E-state index in [1.807, 2.05) is 0 Å². The molecule has 1 aromatic carbocycles. The van der Waals surface area contributed by atoms with Crippen molar-refractivity contribution in [2.75, 3.05) is 13.7 Å². The van der Waals surface area contributed by atoms with Gasteiger partial charge in [0.1, 0.15) is 11.6 Å². The SMILES string of the molecule is C=CCNC(=O)/C(C#N)=C/c1ccccc1C(=O)OC. The average Bonchev–Trinajstić information content (AvgIpc) is 2.49. The predicted molar refractivity (Wildman–Crippen MR) is 74.6 cm³/mol. The number of rotatable bonds is 5. The molecule has 0 saturated heterocycles. The summed E-state index contributed by atoms with van der Waals surface area (Å²) in [6.07, 6.45) is 2.86. The van der Waals surface area contributed by atoms with Crippen LogP contribution in [0.3, 0.4) is 0 Å². The highest BCUT2D eigenvalue weighted by atomic mass is 16.5. The lowest BCUT2D eigenvalue weighted by atomic mass is 10.0. The third-order valence-electron chi connectivity index (χ3n) is 2.44. The molecular formula is C15H14N2O3. The fourth-order valence-corrected chi connectivity index (χ4v) is 1.48. The number of esters is 1. The van der Waals surface area contributed by atoms with Crippen molar-refractivity contribution >= 4 is 18.0 Å². The standard InChI is InChI=1S/C15H14N2O3/c1-3-8-17-14(18)12(10-16)9-11-6-4-5-7-13(11)15(19)20-2/h3-7,9H,1,8H2,2H3,(H,17,18)/b12-9+. The zero-order valence-electron chi connectivity index (χ0n) is 11.1. The number of nitriles is 1. The van der Waals surface area contributed by atoms with Crippen LogP contribution >= 0.6 is 0 Å². The number of hydrogen-bond donors (Lipinski definition) is 1. The quantitative estimate of drug-likeness (QED) is 0.382. The van der Waals surface area contributed by atoms with Crippen LogP contribution in [0.1, 0.15) is 15.9 Å². The van der Waals surface area contributed by atoms with Crippen LogP contribution in [-0.4, -0.2) is 25.5 Å². The second-order valence-corrected chi connectivity index (χ2v) is 3.75. The minimum absolute atomic E-state index is 0.0943. The molecule has 102 valence electrons. The zero-order valence-corrected chi connectivity index (χ0v) is 11.1. The molecule has 5 heteroatoms. The van der Waals surface area contributed by atoms with Gasteiger partial charge in [-0.3, -0.25) is 4.79 Å². The van der Waals surface area contributed by atoms with E-state index in [4.69, 9.17) is 5.26 Å². The van der Waals surface area contributed by atoms with Crippen LogP contribution in [0.4, 0.5) is 0 Å². The van der Waals surface area contributed by atoms with E-state index < -0.39 is 11.9 Å². The Balaban J connectivity index is 3.14. The van der Waals surface area contributed by atoms with E-state index in [0.29, 0.717) is 11.1 Å². The van der Waals surface area contributed by atoms with Gasteiger partial charge in [-0.25, -0.2) is 4.79 Å². The van der Waals surface area contributed by atoms with E-state index in [1.54, 1.807) is 30.3 Å². The maximum absolute atomic E-state index is 11.7. The van der Waals surface area contributed by atoms with Crippen molar-refractivity contribution in [2.24, 2.45) is 0 Å². The van der Waals surface area contributed by atoms with Gasteiger partial charge in [0, 0.05) is 6.54 Å². The van der Waals surface area contributed by atoms with Crippen LogP contribution in [0.15, 0.2) is 42.5 Å². The van der Waals surface area contributed by atoms with E-state index in [-0.39, 0.29) is 12.1 Å². The lowest BCUT2D eigenvalue weighted by Gasteiger charge is -2.05. The molecule has 0 aliphatic rings. The molecule has 0 aliphatic heterocycles. The second-order valence-electron chi connectivity index (χ2n) is 3.75. The van der Waals surface area contributed by atoms with Crippen LogP contribution in [0.25, 0.3) is 6.08 Å². The first kappa shape index (κ1) is 15.2. The Labute approximate surface area is 117 Å². The molecule has 0 atom stereocenters. The Morgan fingerprint density at radius 1 is 1.45 bits per heavy atom. The summed E-state index contributed by atoms with van der Waals surface area (Å²) in [4.78, 5) is 23.3. The van der Waals surface area contributed by atoms with E-state index in [0.717, 1.165) is 0 Å². The summed E-state index contributed by atoms with van der Waals surface area (Å²) in [5.74, 6) is -1.05. The first-order valence-electron chi connectivity index (χ1n) is 5.82. The van der Waals surface area contributed by atoms with E-state index >= 15 is 0 Å². The average molecular weight is 270 g/mol. The molecule has 0 unspecified atom stereocenters. The van der Waals surface area contributed by atoms with Gasteiger partial charge in [-0.05, 0) is 17.7 Å². The molecule has 5 nitrogen and oxygen atoms in total. The number of carbonyl (C=O) groups is 2. The molecule has 0 aromatic heterocycles. The van der Waals surface area contributed by atoms with Gasteiger partial charge in [-0.2, -0.15) is 5.26 Å². The van der Waals surface area contributed by atoms with Crippen LogP contribution in [-0.2, 0) is 9.53 Å². The minimum Gasteiger partial charge on any atom is -0.465 e. The molecule has 1 rings (SSSR count). The van der Waals surface area contributed by atoms with E-state index in [9.17, 15) is 9.59 Å². The number of methoxy groups -OCH3 is 1. The topological polar surface area (TPSA) is 79.2 Å². The summed E-state index contributed by atoms with van der Waals surface area (Å²) in [6.45, 7) is 3.73. The third kappa shape index (κ3) is 3.82. The Hall–Kier alpha value is -2.87. The van der Waals surface area contributed by atoms with Gasteiger partial charge in [-0.1, -0.05) is 24.3 Å². The summed E-state index contributed by atoms with van der Waals surface area (Å²) in [5.41, 5.74) is 0.645. The lowest BCUT2D eigenvalue weighted by molar-refractivity contribution is -0.116. The molecule has 1 N–H and O–H groups in total. The monoisotopic (exact) mass is 270 g/mol. The van der Waals surface area contributed by atoms with Crippen LogP contribution in [0.5, 0.6) is 0 Å². The second kappa shape index (κ2) is 7.54. The predicted octanol–water partition coefficient (Wildman–Crippen LogP) is 1.68. The van der Waals surface area contributed by atoms with Crippen molar-refractivity contribution in [3.8, 4) is 6.07 Å². The number of amides is 1. The Kier molecular flexibility index (Phi) is 5.73. The highest BCUT2D eigenvalue weighted by molar-refractivity contribution is 6.03. The van der Waals surface area contributed by atoms with Gasteiger partial charge in [0.05, 0.1) is 12.7 Å². The van der Waals surface area contributed by atoms with E-state index in [1.165, 1.54) is 19.3 Å². The summed E-state index contributed by atoms with van der Waals surface area (Å²) in [5, 5.41) is 11.5. The first-order valence-corrected chi connectivity index (χ1v) is 5.82. The maximum atomic E-state index is 11.7. The van der Waals surface area contributed by atoms with Crippen LogP contribution < -0.4 is 5.32 Å². The summed E-state index contributed by atoms with van der Waals surface area (Å²) < 4.78 is 4.65. The maximum Gasteiger partial charge on any atom is 0.338 e. The Morgan fingerprint density at radius 2 is 2.15 bits per heavy atom. The zero-order chi connectivity index (χ0) is 15.0.